The number of aromatic nitrogens is 2. The maximum absolute atomic E-state index is 12.3. The molecule has 2 atom stereocenters. The highest BCUT2D eigenvalue weighted by Gasteiger charge is 2.36. The van der Waals surface area contributed by atoms with E-state index >= 15 is 0 Å². The van der Waals surface area contributed by atoms with Crippen LogP contribution in [0, 0.1) is 0 Å². The van der Waals surface area contributed by atoms with Crippen LogP contribution in [0.15, 0.2) is 42.7 Å². The molecule has 26 heavy (non-hydrogen) atoms. The molecule has 2 heterocycles. The molecule has 9 heteroatoms. The first-order chi connectivity index (χ1) is 12.5. The Morgan fingerprint density at radius 1 is 1.31 bits per heavy atom. The van der Waals surface area contributed by atoms with Crippen molar-refractivity contribution >= 4 is 19.0 Å². The zero-order valence-electron chi connectivity index (χ0n) is 14.1. The molecule has 0 bridgehead atoms. The molecule has 3 N–H and O–H groups in total. The first kappa shape index (κ1) is 18.2. The molecule has 0 saturated carbocycles. The largest absolute Gasteiger partial charge is 0.481 e. The number of nitrogens with zero attached hydrogens (tertiary/aromatic N) is 2. The highest BCUT2D eigenvalue weighted by Crippen LogP contribution is 2.19. The Bertz CT molecular complexity index is 767. The van der Waals surface area contributed by atoms with Crippen LogP contribution in [0.25, 0.3) is 11.4 Å². The van der Waals surface area contributed by atoms with Crippen molar-refractivity contribution in [3.63, 3.8) is 0 Å². The van der Waals surface area contributed by atoms with Gasteiger partial charge in [-0.15, -0.1) is 0 Å². The summed E-state index contributed by atoms with van der Waals surface area (Å²) in [6.45, 7) is 0.0615. The lowest BCUT2D eigenvalue weighted by atomic mass is 9.72. The lowest BCUT2D eigenvalue weighted by Crippen LogP contribution is -2.53. The van der Waals surface area contributed by atoms with Crippen LogP contribution >= 0.6 is 0 Å². The van der Waals surface area contributed by atoms with E-state index in [0.29, 0.717) is 18.7 Å². The fraction of sp³-hybridized carbons (Fsp3) is 0.353. The van der Waals surface area contributed by atoms with Gasteiger partial charge >= 0.3 is 13.1 Å². The number of hydrogen-bond acceptors (Lipinski definition) is 5. The third kappa shape index (κ3) is 4.50. The smallest absolute Gasteiger partial charge is 0.478 e. The summed E-state index contributed by atoms with van der Waals surface area (Å²) in [7, 11) is -1.21. The Morgan fingerprint density at radius 3 is 2.77 bits per heavy atom. The molecule has 1 amide bonds. The van der Waals surface area contributed by atoms with Gasteiger partial charge in [-0.1, -0.05) is 30.3 Å². The van der Waals surface area contributed by atoms with E-state index in [1.165, 1.54) is 0 Å². The molecule has 8 nitrogen and oxygen atoms in total. The average Bonchev–Trinajstić information content (AvgIpc) is 3.05. The second kappa shape index (κ2) is 8.16. The van der Waals surface area contributed by atoms with E-state index in [1.807, 2.05) is 30.3 Å². The van der Waals surface area contributed by atoms with E-state index in [1.54, 1.807) is 17.0 Å². The first-order valence-electron chi connectivity index (χ1n) is 8.44. The topological polar surface area (TPSA) is 114 Å². The highest BCUT2D eigenvalue weighted by molar-refractivity contribution is 6.45. The molecule has 0 unspecified atom stereocenters. The first-order valence-corrected chi connectivity index (χ1v) is 8.44. The standard InChI is InChI=1S/C17H20BN3O5/c22-15(20-14-7-6-13(10-16(23)24)26-18(14)25)11-21-9-8-19-17(21)12-4-2-1-3-5-12/h1-5,8-9,13-14,25H,6-7,10-11H2,(H,20,22)(H,23,24)/t13-,14-/m0/s1. The fourth-order valence-corrected chi connectivity index (χ4v) is 3.05. The van der Waals surface area contributed by atoms with Gasteiger partial charge in [0.15, 0.2) is 0 Å². The summed E-state index contributed by atoms with van der Waals surface area (Å²) in [5.74, 6) is -1.12. The predicted molar refractivity (Wildman–Crippen MR) is 93.9 cm³/mol. The molecule has 1 aliphatic rings. The summed E-state index contributed by atoms with van der Waals surface area (Å²) in [6.07, 6.45) is 3.58. The summed E-state index contributed by atoms with van der Waals surface area (Å²) in [5, 5.41) is 21.5. The number of imidazole rings is 1. The molecule has 136 valence electrons. The fourth-order valence-electron chi connectivity index (χ4n) is 3.05. The van der Waals surface area contributed by atoms with Gasteiger partial charge in [0.05, 0.1) is 18.5 Å². The maximum Gasteiger partial charge on any atom is 0.478 e. The molecule has 1 aromatic carbocycles. The number of carboxylic acid groups (broad SMARTS) is 1. The van der Waals surface area contributed by atoms with Gasteiger partial charge in [-0.05, 0) is 12.8 Å². The summed E-state index contributed by atoms with van der Waals surface area (Å²) in [4.78, 5) is 27.4. The number of nitrogens with one attached hydrogen (secondary N) is 1. The van der Waals surface area contributed by atoms with Gasteiger partial charge in [0, 0.05) is 18.0 Å². The van der Waals surface area contributed by atoms with E-state index in [-0.39, 0.29) is 18.9 Å². The van der Waals surface area contributed by atoms with Crippen molar-refractivity contribution in [3.05, 3.63) is 42.7 Å². The average molecular weight is 357 g/mol. The van der Waals surface area contributed by atoms with Crippen LogP contribution in [-0.4, -0.2) is 50.7 Å². The lowest BCUT2D eigenvalue weighted by Gasteiger charge is -2.30. The Balaban J connectivity index is 1.57. The van der Waals surface area contributed by atoms with Crippen molar-refractivity contribution in [3.8, 4) is 11.4 Å². The molecular weight excluding hydrogens is 337 g/mol. The Labute approximate surface area is 151 Å². The van der Waals surface area contributed by atoms with Crippen LogP contribution in [-0.2, 0) is 20.8 Å². The summed E-state index contributed by atoms with van der Waals surface area (Å²) >= 11 is 0. The van der Waals surface area contributed by atoms with Crippen molar-refractivity contribution in [2.24, 2.45) is 0 Å². The van der Waals surface area contributed by atoms with E-state index in [4.69, 9.17) is 9.76 Å². The van der Waals surface area contributed by atoms with E-state index in [0.717, 1.165) is 5.56 Å². The molecule has 3 rings (SSSR count). The SMILES string of the molecule is O=C(O)C[C@@H]1CC[C@H](NC(=O)Cn2ccnc2-c2ccccc2)B(O)O1. The van der Waals surface area contributed by atoms with Crippen LogP contribution in [0.4, 0.5) is 0 Å². The van der Waals surface area contributed by atoms with Gasteiger partial charge in [-0.25, -0.2) is 4.98 Å². The van der Waals surface area contributed by atoms with Gasteiger partial charge in [0.25, 0.3) is 0 Å². The second-order valence-electron chi connectivity index (χ2n) is 6.24. The summed E-state index contributed by atoms with van der Waals surface area (Å²) in [6, 6.07) is 9.54. The van der Waals surface area contributed by atoms with Gasteiger partial charge < -0.3 is 24.7 Å². The van der Waals surface area contributed by atoms with E-state index in [9.17, 15) is 14.6 Å². The Kier molecular flexibility index (Phi) is 5.70. The minimum Gasteiger partial charge on any atom is -0.481 e. The van der Waals surface area contributed by atoms with Crippen molar-refractivity contribution in [2.75, 3.05) is 0 Å². The molecule has 0 aliphatic carbocycles. The predicted octanol–water partition coefficient (Wildman–Crippen LogP) is 0.708. The third-order valence-corrected chi connectivity index (χ3v) is 4.29. The van der Waals surface area contributed by atoms with Crippen LogP contribution in [0.3, 0.4) is 0 Å². The van der Waals surface area contributed by atoms with Gasteiger partial charge in [0.1, 0.15) is 12.4 Å². The van der Waals surface area contributed by atoms with Crippen molar-refractivity contribution in [1.29, 1.82) is 0 Å². The Morgan fingerprint density at radius 2 is 2.08 bits per heavy atom. The molecule has 1 saturated heterocycles. The van der Waals surface area contributed by atoms with E-state index in [2.05, 4.69) is 10.3 Å². The van der Waals surface area contributed by atoms with Crippen molar-refractivity contribution in [1.82, 2.24) is 14.9 Å². The zero-order chi connectivity index (χ0) is 18.5. The Hall–Kier alpha value is -2.65. The highest BCUT2D eigenvalue weighted by atomic mass is 16.5. The van der Waals surface area contributed by atoms with E-state index < -0.39 is 25.1 Å². The quantitative estimate of drug-likeness (QED) is 0.656. The minimum atomic E-state index is -1.21. The monoisotopic (exact) mass is 357 g/mol. The van der Waals surface area contributed by atoms with Gasteiger partial charge in [-0.3, -0.25) is 9.59 Å². The number of amides is 1. The van der Waals surface area contributed by atoms with Crippen LogP contribution in [0.5, 0.6) is 0 Å². The molecular formula is C17H20BN3O5. The molecule has 2 aromatic rings. The molecule has 1 aliphatic heterocycles. The number of carbonyl (C=O) groups is 2. The van der Waals surface area contributed by atoms with Gasteiger partial charge in [0.2, 0.25) is 5.91 Å². The lowest BCUT2D eigenvalue weighted by molar-refractivity contribution is -0.139. The molecule has 1 aromatic heterocycles. The second-order valence-corrected chi connectivity index (χ2v) is 6.24. The summed E-state index contributed by atoms with van der Waals surface area (Å²) in [5.41, 5.74) is 0.905. The number of aliphatic carboxylic acids is 1. The van der Waals surface area contributed by atoms with Crippen molar-refractivity contribution in [2.45, 2.75) is 37.9 Å². The molecule has 1 fully saturated rings. The normalized spacial score (nSPS) is 20.0. The van der Waals surface area contributed by atoms with Crippen LogP contribution in [0.1, 0.15) is 19.3 Å². The number of benzene rings is 1. The maximum atomic E-state index is 12.3. The van der Waals surface area contributed by atoms with Crippen LogP contribution in [0.2, 0.25) is 0 Å². The molecule has 0 spiro atoms. The third-order valence-electron chi connectivity index (χ3n) is 4.29. The van der Waals surface area contributed by atoms with Crippen molar-refractivity contribution < 1.29 is 24.4 Å². The number of carboxylic acids is 1. The summed E-state index contributed by atoms with van der Waals surface area (Å²) < 4.78 is 7.01. The number of hydrogen-bond donors (Lipinski definition) is 3. The number of rotatable bonds is 6. The zero-order valence-corrected chi connectivity index (χ0v) is 14.1. The van der Waals surface area contributed by atoms with Crippen LogP contribution < -0.4 is 5.32 Å². The minimum absolute atomic E-state index is 0.0615. The van der Waals surface area contributed by atoms with Gasteiger partial charge in [-0.2, -0.15) is 0 Å². The number of carbonyl (C=O) groups excluding carboxylic acids is 1. The molecule has 0 radical (unpaired) electrons.